The van der Waals surface area contributed by atoms with E-state index in [1.54, 1.807) is 0 Å². The van der Waals surface area contributed by atoms with E-state index in [0.717, 1.165) is 24.2 Å². The molecule has 3 rings (SSSR count). The average molecular weight is 258 g/mol. The lowest BCUT2D eigenvalue weighted by atomic mass is 9.83. The van der Waals surface area contributed by atoms with Crippen LogP contribution < -0.4 is 5.32 Å². The van der Waals surface area contributed by atoms with Crippen molar-refractivity contribution in [3.8, 4) is 0 Å². The highest BCUT2D eigenvalue weighted by atomic mass is 16.2. The summed E-state index contributed by atoms with van der Waals surface area (Å²) >= 11 is 0. The van der Waals surface area contributed by atoms with Gasteiger partial charge < -0.3 is 10.2 Å². The number of nitrogens with one attached hydrogen (secondary N) is 1. The highest BCUT2D eigenvalue weighted by Gasteiger charge is 2.43. The van der Waals surface area contributed by atoms with E-state index >= 15 is 0 Å². The summed E-state index contributed by atoms with van der Waals surface area (Å²) in [4.78, 5) is 26.3. The van der Waals surface area contributed by atoms with Crippen molar-refractivity contribution in [2.24, 2.45) is 0 Å². The maximum Gasteiger partial charge on any atom is 0.231 e. The topological polar surface area (TPSA) is 49.4 Å². The Morgan fingerprint density at radius 1 is 1.37 bits per heavy atom. The number of benzene rings is 1. The zero-order valence-corrected chi connectivity index (χ0v) is 11.3. The molecule has 0 saturated carbocycles. The number of hydrogen-bond donors (Lipinski definition) is 1. The van der Waals surface area contributed by atoms with Crippen LogP contribution in [0.4, 0.5) is 5.69 Å². The van der Waals surface area contributed by atoms with Gasteiger partial charge in [0.15, 0.2) is 0 Å². The molecule has 19 heavy (non-hydrogen) atoms. The van der Waals surface area contributed by atoms with Crippen molar-refractivity contribution in [2.75, 3.05) is 11.9 Å². The highest BCUT2D eigenvalue weighted by molar-refractivity contribution is 6.01. The molecular weight excluding hydrogens is 240 g/mol. The fraction of sp³-hybridized carbons (Fsp3) is 0.467. The fourth-order valence-electron chi connectivity index (χ4n) is 2.90. The third-order valence-electron chi connectivity index (χ3n) is 4.24. The first kappa shape index (κ1) is 12.2. The van der Waals surface area contributed by atoms with Gasteiger partial charge in [0.25, 0.3) is 0 Å². The Bertz CT molecular complexity index is 551. The highest BCUT2D eigenvalue weighted by Crippen LogP contribution is 2.38. The van der Waals surface area contributed by atoms with Gasteiger partial charge in [0.1, 0.15) is 0 Å². The first-order valence-corrected chi connectivity index (χ1v) is 6.69. The molecule has 2 aliphatic rings. The van der Waals surface area contributed by atoms with Crippen LogP contribution in [0.3, 0.4) is 0 Å². The molecule has 0 radical (unpaired) electrons. The van der Waals surface area contributed by atoms with Gasteiger partial charge in [-0.05, 0) is 31.9 Å². The number of nitrogens with zero attached hydrogens (tertiary/aromatic N) is 1. The summed E-state index contributed by atoms with van der Waals surface area (Å²) in [7, 11) is 0. The zero-order chi connectivity index (χ0) is 13.6. The molecule has 0 spiro atoms. The van der Waals surface area contributed by atoms with Crippen LogP contribution in [0.15, 0.2) is 24.3 Å². The number of anilines is 1. The van der Waals surface area contributed by atoms with Gasteiger partial charge in [-0.1, -0.05) is 18.2 Å². The van der Waals surface area contributed by atoms with Crippen molar-refractivity contribution >= 4 is 17.5 Å². The summed E-state index contributed by atoms with van der Waals surface area (Å²) in [6.45, 7) is 4.94. The van der Waals surface area contributed by atoms with Gasteiger partial charge >= 0.3 is 0 Å². The third-order valence-corrected chi connectivity index (χ3v) is 4.24. The first-order chi connectivity index (χ1) is 8.99. The van der Waals surface area contributed by atoms with Crippen molar-refractivity contribution in [2.45, 2.75) is 38.1 Å². The molecule has 4 heteroatoms. The molecular formula is C15H18N2O2. The lowest BCUT2D eigenvalue weighted by Gasteiger charge is -2.50. The Morgan fingerprint density at radius 3 is 2.74 bits per heavy atom. The summed E-state index contributed by atoms with van der Waals surface area (Å²) < 4.78 is 0. The smallest absolute Gasteiger partial charge is 0.231 e. The third kappa shape index (κ3) is 1.91. The molecule has 100 valence electrons. The average Bonchev–Trinajstić information content (AvgIpc) is 2.36. The van der Waals surface area contributed by atoms with Crippen molar-refractivity contribution in [1.29, 1.82) is 0 Å². The predicted octanol–water partition coefficient (Wildman–Crippen LogP) is 2.12. The second-order valence-electron chi connectivity index (χ2n) is 5.94. The molecule has 1 unspecified atom stereocenters. The lowest BCUT2D eigenvalue weighted by molar-refractivity contribution is -0.147. The van der Waals surface area contributed by atoms with Crippen molar-refractivity contribution < 1.29 is 9.59 Å². The molecule has 0 aliphatic carbocycles. The van der Waals surface area contributed by atoms with E-state index in [2.05, 4.69) is 19.2 Å². The summed E-state index contributed by atoms with van der Waals surface area (Å²) in [5.41, 5.74) is 1.64. The first-order valence-electron chi connectivity index (χ1n) is 6.69. The number of carbonyl (C=O) groups is 2. The summed E-state index contributed by atoms with van der Waals surface area (Å²) in [5.74, 6) is -0.321. The van der Waals surface area contributed by atoms with E-state index in [0.29, 0.717) is 0 Å². The normalized spacial score (nSPS) is 24.2. The van der Waals surface area contributed by atoms with Crippen LogP contribution in [0.5, 0.6) is 0 Å². The Hall–Kier alpha value is -1.84. The Labute approximate surface area is 112 Å². The number of rotatable bonds is 1. The Kier molecular flexibility index (Phi) is 2.62. The zero-order valence-electron chi connectivity index (χ0n) is 11.3. The number of carbonyl (C=O) groups excluding carboxylic acids is 2. The second kappa shape index (κ2) is 4.08. The minimum absolute atomic E-state index is 0.0695. The fourth-order valence-corrected chi connectivity index (χ4v) is 2.90. The molecule has 1 aromatic carbocycles. The van der Waals surface area contributed by atoms with Crippen LogP contribution in [0.25, 0.3) is 0 Å². The second-order valence-corrected chi connectivity index (χ2v) is 5.94. The number of hydrogen-bond acceptors (Lipinski definition) is 2. The largest absolute Gasteiger partial charge is 0.337 e. The van der Waals surface area contributed by atoms with Gasteiger partial charge in [-0.3, -0.25) is 9.59 Å². The number of fused-ring (bicyclic) bond motifs is 1. The van der Waals surface area contributed by atoms with Gasteiger partial charge in [0.05, 0.1) is 5.92 Å². The van der Waals surface area contributed by atoms with Gasteiger partial charge in [0.2, 0.25) is 11.8 Å². The van der Waals surface area contributed by atoms with Crippen LogP contribution in [0.1, 0.15) is 38.2 Å². The standard InChI is InChI=1S/C15H18N2O2/c1-15(2)7-8-17(15)14(19)11-9-13(18)16-12-6-4-3-5-10(11)12/h3-6,11H,7-9H2,1-2H3,(H,16,18). The summed E-state index contributed by atoms with van der Waals surface area (Å²) in [5, 5.41) is 2.83. The maximum atomic E-state index is 12.7. The van der Waals surface area contributed by atoms with Crippen LogP contribution in [-0.2, 0) is 9.59 Å². The number of likely N-dealkylation sites (tertiary alicyclic amines) is 1. The molecule has 0 aromatic heterocycles. The molecule has 1 saturated heterocycles. The molecule has 1 N–H and O–H groups in total. The van der Waals surface area contributed by atoms with Crippen LogP contribution in [-0.4, -0.2) is 28.8 Å². The molecule has 2 aliphatic heterocycles. The van der Waals surface area contributed by atoms with Gasteiger partial charge in [0, 0.05) is 24.2 Å². The molecule has 0 bridgehead atoms. The summed E-state index contributed by atoms with van der Waals surface area (Å²) in [6, 6.07) is 7.58. The van der Waals surface area contributed by atoms with Crippen LogP contribution in [0.2, 0.25) is 0 Å². The predicted molar refractivity (Wildman–Crippen MR) is 72.8 cm³/mol. The van der Waals surface area contributed by atoms with E-state index in [1.807, 2.05) is 29.2 Å². The van der Waals surface area contributed by atoms with E-state index in [1.165, 1.54) is 0 Å². The number of para-hydroxylation sites is 1. The maximum absolute atomic E-state index is 12.7. The van der Waals surface area contributed by atoms with E-state index in [4.69, 9.17) is 0 Å². The molecule has 1 atom stereocenters. The van der Waals surface area contributed by atoms with Crippen molar-refractivity contribution in [1.82, 2.24) is 4.90 Å². The monoisotopic (exact) mass is 258 g/mol. The summed E-state index contributed by atoms with van der Waals surface area (Å²) in [6.07, 6.45) is 1.28. The van der Waals surface area contributed by atoms with Crippen LogP contribution >= 0.6 is 0 Å². The lowest BCUT2D eigenvalue weighted by Crippen LogP contribution is -2.59. The molecule has 2 heterocycles. The van der Waals surface area contributed by atoms with Gasteiger partial charge in [-0.2, -0.15) is 0 Å². The Balaban J connectivity index is 1.93. The molecule has 1 fully saturated rings. The SMILES string of the molecule is CC1(C)CCN1C(=O)C1CC(=O)Nc2ccccc21. The minimum Gasteiger partial charge on any atom is -0.337 e. The van der Waals surface area contributed by atoms with E-state index < -0.39 is 0 Å². The quantitative estimate of drug-likeness (QED) is 0.839. The van der Waals surface area contributed by atoms with Gasteiger partial charge in [-0.15, -0.1) is 0 Å². The van der Waals surface area contributed by atoms with Gasteiger partial charge in [-0.25, -0.2) is 0 Å². The molecule has 4 nitrogen and oxygen atoms in total. The molecule has 1 aromatic rings. The minimum atomic E-state index is -0.329. The van der Waals surface area contributed by atoms with Crippen molar-refractivity contribution in [3.63, 3.8) is 0 Å². The van der Waals surface area contributed by atoms with E-state index in [9.17, 15) is 9.59 Å². The van der Waals surface area contributed by atoms with E-state index in [-0.39, 0.29) is 29.7 Å². The Morgan fingerprint density at radius 2 is 2.11 bits per heavy atom. The molecule has 2 amide bonds. The van der Waals surface area contributed by atoms with Crippen LogP contribution in [0, 0.1) is 0 Å². The van der Waals surface area contributed by atoms with Crippen molar-refractivity contribution in [3.05, 3.63) is 29.8 Å². The number of amides is 2.